The molecule has 0 spiro atoms. The van der Waals surface area contributed by atoms with E-state index in [0.717, 1.165) is 13.1 Å². The Labute approximate surface area is 191 Å². The Morgan fingerprint density at radius 3 is 2.71 bits per heavy atom. The van der Waals surface area contributed by atoms with Crippen molar-refractivity contribution >= 4 is 50.2 Å². The second-order valence-electron chi connectivity index (χ2n) is 6.29. The molecule has 0 amide bonds. The first kappa shape index (κ1) is 21.0. The van der Waals surface area contributed by atoms with E-state index >= 15 is 0 Å². The summed E-state index contributed by atoms with van der Waals surface area (Å²) in [5.41, 5.74) is 5.18. The van der Waals surface area contributed by atoms with E-state index in [9.17, 15) is 0 Å². The number of hydrogen-bond donors (Lipinski definition) is 0. The largest absolute Gasteiger partial charge is 1.00 e. The second kappa shape index (κ2) is 9.67. The molecule has 144 valence electrons. The highest BCUT2D eigenvalue weighted by Gasteiger charge is 2.15. The molecular weight excluding hydrogens is 495 g/mol. The van der Waals surface area contributed by atoms with Gasteiger partial charge in [0.25, 0.3) is 0 Å². The van der Waals surface area contributed by atoms with Crippen molar-refractivity contribution in [1.82, 2.24) is 0 Å². The lowest BCUT2D eigenvalue weighted by molar-refractivity contribution is -0.667. The van der Waals surface area contributed by atoms with Gasteiger partial charge in [-0.25, -0.2) is 0 Å². The number of aryl methyl sites for hydroxylation is 1. The van der Waals surface area contributed by atoms with Gasteiger partial charge in [0.05, 0.1) is 10.6 Å². The SMILES string of the molecule is CCN1C=CC(=CC=CC=Cc2cc[n+](CC)c3ccsc23)c2sccc21.[I-]. The zero-order chi connectivity index (χ0) is 18.6. The van der Waals surface area contributed by atoms with Gasteiger partial charge in [0, 0.05) is 30.4 Å². The zero-order valence-electron chi connectivity index (χ0n) is 16.0. The van der Waals surface area contributed by atoms with Crippen molar-refractivity contribution in [3.8, 4) is 0 Å². The first-order valence-electron chi connectivity index (χ1n) is 9.29. The third-order valence-electron chi connectivity index (χ3n) is 4.76. The molecule has 0 bridgehead atoms. The van der Waals surface area contributed by atoms with Crippen LogP contribution in [0, 0.1) is 0 Å². The molecule has 0 aromatic carbocycles. The van der Waals surface area contributed by atoms with E-state index in [2.05, 4.69) is 101 Å². The van der Waals surface area contributed by atoms with Gasteiger partial charge in [-0.3, -0.25) is 0 Å². The van der Waals surface area contributed by atoms with Gasteiger partial charge in [0.2, 0.25) is 5.52 Å². The molecule has 5 heteroatoms. The van der Waals surface area contributed by atoms with Crippen molar-refractivity contribution in [2.24, 2.45) is 0 Å². The van der Waals surface area contributed by atoms with E-state index < -0.39 is 0 Å². The Morgan fingerprint density at radius 2 is 1.89 bits per heavy atom. The number of nitrogens with zero attached hydrogens (tertiary/aromatic N) is 2. The molecule has 3 aromatic rings. The van der Waals surface area contributed by atoms with E-state index in [1.165, 1.54) is 31.9 Å². The molecule has 0 saturated heterocycles. The summed E-state index contributed by atoms with van der Waals surface area (Å²) >= 11 is 3.61. The summed E-state index contributed by atoms with van der Waals surface area (Å²) in [4.78, 5) is 3.64. The highest BCUT2D eigenvalue weighted by atomic mass is 127. The number of allylic oxidation sites excluding steroid dienone is 6. The number of anilines is 1. The number of halogens is 1. The molecule has 2 nitrogen and oxygen atoms in total. The molecule has 4 rings (SSSR count). The van der Waals surface area contributed by atoms with Crippen LogP contribution in [0.1, 0.15) is 24.3 Å². The van der Waals surface area contributed by atoms with Crippen LogP contribution in [-0.2, 0) is 6.54 Å². The van der Waals surface area contributed by atoms with Crippen molar-refractivity contribution in [3.05, 3.63) is 82.2 Å². The molecule has 4 heterocycles. The van der Waals surface area contributed by atoms with Crippen molar-refractivity contribution in [2.75, 3.05) is 11.4 Å². The maximum Gasteiger partial charge on any atom is 0.223 e. The van der Waals surface area contributed by atoms with Crippen molar-refractivity contribution in [2.45, 2.75) is 20.4 Å². The van der Waals surface area contributed by atoms with Gasteiger partial charge in [-0.05, 0) is 42.3 Å². The molecule has 0 atom stereocenters. The average Bonchev–Trinajstić information content (AvgIpc) is 3.37. The number of aromatic nitrogens is 1. The number of fused-ring (bicyclic) bond motifs is 2. The van der Waals surface area contributed by atoms with Gasteiger partial charge in [0.1, 0.15) is 11.2 Å². The minimum Gasteiger partial charge on any atom is -1.00 e. The summed E-state index contributed by atoms with van der Waals surface area (Å²) in [6.45, 7) is 6.36. The smallest absolute Gasteiger partial charge is 0.223 e. The van der Waals surface area contributed by atoms with Gasteiger partial charge < -0.3 is 28.9 Å². The maximum absolute atomic E-state index is 2.29. The van der Waals surface area contributed by atoms with Crippen molar-refractivity contribution < 1.29 is 28.5 Å². The predicted octanol–water partition coefficient (Wildman–Crippen LogP) is 3.28. The van der Waals surface area contributed by atoms with Crippen LogP contribution in [-0.4, -0.2) is 6.54 Å². The molecule has 3 aromatic heterocycles. The Hall–Kier alpha value is -1.70. The van der Waals surface area contributed by atoms with Crippen LogP contribution in [0.3, 0.4) is 0 Å². The molecule has 0 N–H and O–H groups in total. The Kier molecular flexibility index (Phi) is 7.26. The van der Waals surface area contributed by atoms with E-state index in [0.29, 0.717) is 0 Å². The van der Waals surface area contributed by atoms with E-state index in [4.69, 9.17) is 0 Å². The van der Waals surface area contributed by atoms with Gasteiger partial charge >= 0.3 is 0 Å². The van der Waals surface area contributed by atoms with Crippen LogP contribution in [0.15, 0.2) is 71.7 Å². The quantitative estimate of drug-likeness (QED) is 0.286. The first-order chi connectivity index (χ1) is 13.3. The number of pyridine rings is 1. The summed E-state index contributed by atoms with van der Waals surface area (Å²) in [7, 11) is 0. The Morgan fingerprint density at radius 1 is 1.04 bits per heavy atom. The van der Waals surface area contributed by atoms with Crippen LogP contribution < -0.4 is 33.4 Å². The van der Waals surface area contributed by atoms with Gasteiger partial charge in [-0.15, -0.1) is 22.7 Å². The lowest BCUT2D eigenvalue weighted by Gasteiger charge is -2.23. The molecule has 1 aliphatic heterocycles. The Balaban J connectivity index is 0.00000225. The topological polar surface area (TPSA) is 7.12 Å². The fourth-order valence-electron chi connectivity index (χ4n) is 3.34. The van der Waals surface area contributed by atoms with Crippen LogP contribution in [0.4, 0.5) is 5.69 Å². The third-order valence-corrected chi connectivity index (χ3v) is 6.66. The third kappa shape index (κ3) is 4.16. The van der Waals surface area contributed by atoms with Crippen LogP contribution in [0.5, 0.6) is 0 Å². The lowest BCUT2D eigenvalue weighted by Crippen LogP contribution is -3.00. The average molecular weight is 518 g/mol. The van der Waals surface area contributed by atoms with Gasteiger partial charge in [-0.1, -0.05) is 30.4 Å². The maximum atomic E-state index is 2.29. The van der Waals surface area contributed by atoms with Crippen molar-refractivity contribution in [1.29, 1.82) is 0 Å². The molecule has 1 aliphatic rings. The van der Waals surface area contributed by atoms with Crippen LogP contribution in [0.2, 0.25) is 0 Å². The fourth-order valence-corrected chi connectivity index (χ4v) is 5.16. The molecule has 0 saturated carbocycles. The van der Waals surface area contributed by atoms with E-state index in [1.54, 1.807) is 22.7 Å². The van der Waals surface area contributed by atoms with Gasteiger partial charge in [-0.2, -0.15) is 4.57 Å². The molecule has 0 radical (unpaired) electrons. The first-order valence-corrected chi connectivity index (χ1v) is 11.0. The summed E-state index contributed by atoms with van der Waals surface area (Å²) in [6.07, 6.45) is 17.3. The second-order valence-corrected chi connectivity index (χ2v) is 8.13. The lowest BCUT2D eigenvalue weighted by atomic mass is 10.1. The minimum atomic E-state index is 0. The van der Waals surface area contributed by atoms with E-state index in [-0.39, 0.29) is 24.0 Å². The number of rotatable bonds is 5. The van der Waals surface area contributed by atoms with Crippen molar-refractivity contribution in [3.63, 3.8) is 0 Å². The number of hydrogen-bond acceptors (Lipinski definition) is 3. The molecule has 0 unspecified atom stereocenters. The monoisotopic (exact) mass is 518 g/mol. The van der Waals surface area contributed by atoms with Gasteiger partial charge in [0.15, 0.2) is 6.20 Å². The molecular formula is C23H23IN2S2. The molecule has 28 heavy (non-hydrogen) atoms. The summed E-state index contributed by atoms with van der Waals surface area (Å²) in [6, 6.07) is 6.61. The Bertz CT molecular complexity index is 1070. The highest BCUT2D eigenvalue weighted by molar-refractivity contribution is 7.17. The standard InChI is InChI=1S/C23H23N2S2.HI/c1-3-24-14-10-18(22-20(24)12-16-26-22)8-6-5-7-9-19-11-15-25(4-2)21-13-17-27-23(19)21;/h5-17H,3-4H2,1-2H3;1H/q+1;/p-1. The normalized spacial score (nSPS) is 15.1. The summed E-state index contributed by atoms with van der Waals surface area (Å²) in [5.74, 6) is 0. The minimum absolute atomic E-state index is 0. The van der Waals surface area contributed by atoms with E-state index in [1.807, 2.05) is 0 Å². The zero-order valence-corrected chi connectivity index (χ0v) is 19.8. The van der Waals surface area contributed by atoms with Crippen LogP contribution >= 0.6 is 22.7 Å². The molecule has 0 aliphatic carbocycles. The summed E-state index contributed by atoms with van der Waals surface area (Å²) < 4.78 is 3.64. The summed E-state index contributed by atoms with van der Waals surface area (Å²) in [5, 5.41) is 4.34. The highest BCUT2D eigenvalue weighted by Crippen LogP contribution is 2.37. The number of thiophene rings is 2. The fraction of sp³-hybridized carbons (Fsp3) is 0.174. The van der Waals surface area contributed by atoms with Crippen LogP contribution in [0.25, 0.3) is 21.9 Å². The molecule has 0 fully saturated rings. The predicted molar refractivity (Wildman–Crippen MR) is 120 cm³/mol.